The van der Waals surface area contributed by atoms with Gasteiger partial charge in [0, 0.05) is 32.1 Å². The van der Waals surface area contributed by atoms with E-state index >= 15 is 0 Å². The van der Waals surface area contributed by atoms with Gasteiger partial charge in [0.2, 0.25) is 12.7 Å². The van der Waals surface area contributed by atoms with E-state index in [1.807, 2.05) is 23.1 Å². The first-order valence-electron chi connectivity index (χ1n) is 11.7. The van der Waals surface area contributed by atoms with E-state index in [0.717, 1.165) is 32.2 Å². The minimum Gasteiger partial charge on any atom is -0.454 e. The van der Waals surface area contributed by atoms with Crippen LogP contribution in [-0.2, 0) is 11.3 Å². The molecule has 176 valence electrons. The van der Waals surface area contributed by atoms with Crippen LogP contribution in [0.1, 0.15) is 37.7 Å². The number of ether oxygens (including phenoxy) is 2. The lowest BCUT2D eigenvalue weighted by atomic mass is 9.99. The first kappa shape index (κ1) is 22.4. The van der Waals surface area contributed by atoms with Gasteiger partial charge in [-0.3, -0.25) is 14.2 Å². The molecule has 0 spiro atoms. The van der Waals surface area contributed by atoms with Gasteiger partial charge in [-0.15, -0.1) is 0 Å². The van der Waals surface area contributed by atoms with Gasteiger partial charge in [0.15, 0.2) is 16.3 Å². The Hall–Kier alpha value is -3.39. The fourth-order valence-electron chi connectivity index (χ4n) is 4.54. The summed E-state index contributed by atoms with van der Waals surface area (Å²) >= 11 is 5.41. The monoisotopic (exact) mass is 477 g/mol. The van der Waals surface area contributed by atoms with Gasteiger partial charge < -0.3 is 19.4 Å². The predicted molar refractivity (Wildman–Crippen MR) is 134 cm³/mol. The molecule has 2 aliphatic heterocycles. The first-order valence-corrected chi connectivity index (χ1v) is 12.1. The summed E-state index contributed by atoms with van der Waals surface area (Å²) in [5.41, 5.74) is 3.06. The second-order valence-electron chi connectivity index (χ2n) is 8.63. The molecule has 3 aromatic rings. The van der Waals surface area contributed by atoms with Crippen LogP contribution in [0.15, 0.2) is 53.3 Å². The number of H-pyrrole nitrogens is 1. The number of unbranched alkanes of at least 4 members (excludes halogenated alkanes) is 2. The second kappa shape index (κ2) is 9.85. The molecule has 1 amide bonds. The number of rotatable bonds is 7. The smallest absolute Gasteiger partial charge is 0.262 e. The van der Waals surface area contributed by atoms with Gasteiger partial charge >= 0.3 is 0 Å². The third-order valence-corrected chi connectivity index (χ3v) is 6.78. The Morgan fingerprint density at radius 1 is 1.06 bits per heavy atom. The van der Waals surface area contributed by atoms with Gasteiger partial charge in [-0.05, 0) is 48.7 Å². The topological polar surface area (TPSA) is 76.6 Å². The lowest BCUT2D eigenvalue weighted by Crippen LogP contribution is -2.34. The Labute approximate surface area is 202 Å². The molecule has 0 atom stereocenters. The number of hydrogen-bond acceptors (Lipinski definition) is 5. The number of hydrogen-bond donors (Lipinski definition) is 1. The van der Waals surface area contributed by atoms with Crippen molar-refractivity contribution in [2.45, 2.75) is 38.6 Å². The number of carbonyl (C=O) groups is 1. The molecule has 0 aliphatic carbocycles. The summed E-state index contributed by atoms with van der Waals surface area (Å²) in [6.07, 6.45) is 6.00. The highest BCUT2D eigenvalue weighted by Crippen LogP contribution is 2.34. The zero-order chi connectivity index (χ0) is 23.5. The van der Waals surface area contributed by atoms with Crippen molar-refractivity contribution in [1.29, 1.82) is 0 Å². The van der Waals surface area contributed by atoms with Crippen molar-refractivity contribution in [2.24, 2.45) is 0 Å². The van der Waals surface area contributed by atoms with Gasteiger partial charge in [-0.1, -0.05) is 42.8 Å². The molecule has 0 radical (unpaired) electrons. The Kier molecular flexibility index (Phi) is 6.49. The summed E-state index contributed by atoms with van der Waals surface area (Å²) < 4.78 is 12.7. The SMILES string of the molecule is O=C(CCCCCn1c(=S)[nH]c2cc3c(cc2c1=O)OCO3)N1CC=C(c2ccccc2)CC1. The van der Waals surface area contributed by atoms with E-state index in [9.17, 15) is 9.59 Å². The molecule has 2 aromatic carbocycles. The summed E-state index contributed by atoms with van der Waals surface area (Å²) in [5.74, 6) is 1.38. The average Bonchev–Trinajstić information content (AvgIpc) is 3.32. The second-order valence-corrected chi connectivity index (χ2v) is 9.02. The largest absolute Gasteiger partial charge is 0.454 e. The van der Waals surface area contributed by atoms with E-state index in [1.165, 1.54) is 11.1 Å². The zero-order valence-electron chi connectivity index (χ0n) is 18.9. The maximum absolute atomic E-state index is 13.0. The zero-order valence-corrected chi connectivity index (χ0v) is 19.7. The standard InChI is InChI=1S/C26H27N3O4S/c30-24(28-13-10-19(11-14-28)18-7-3-1-4-8-18)9-5-2-6-12-29-25(31)20-15-22-23(33-17-32-22)16-21(20)27-26(29)34/h1,3-4,7-8,10,15-16H,2,5-6,9,11-14,17H2,(H,27,34). The van der Waals surface area contributed by atoms with Crippen LogP contribution in [0.3, 0.4) is 0 Å². The molecule has 3 heterocycles. The summed E-state index contributed by atoms with van der Waals surface area (Å²) in [6.45, 7) is 2.10. The lowest BCUT2D eigenvalue weighted by Gasteiger charge is -2.26. The minimum absolute atomic E-state index is 0.137. The fraction of sp³-hybridized carbons (Fsp3) is 0.346. The Bertz CT molecular complexity index is 1360. The summed E-state index contributed by atoms with van der Waals surface area (Å²) in [5, 5.41) is 0.529. The fourth-order valence-corrected chi connectivity index (χ4v) is 4.82. The van der Waals surface area contributed by atoms with Crippen molar-refractivity contribution in [1.82, 2.24) is 14.5 Å². The van der Waals surface area contributed by atoms with Crippen LogP contribution in [-0.4, -0.2) is 40.2 Å². The number of carbonyl (C=O) groups excluding carboxylic acids is 1. The molecule has 0 saturated carbocycles. The van der Waals surface area contributed by atoms with Crippen LogP contribution in [0.4, 0.5) is 0 Å². The van der Waals surface area contributed by atoms with Crippen LogP contribution < -0.4 is 15.0 Å². The average molecular weight is 478 g/mol. The minimum atomic E-state index is -0.137. The van der Waals surface area contributed by atoms with Gasteiger partial charge in [0.05, 0.1) is 10.9 Å². The molecular weight excluding hydrogens is 450 g/mol. The molecule has 0 bridgehead atoms. The van der Waals surface area contributed by atoms with Crippen LogP contribution in [0.25, 0.3) is 16.5 Å². The molecule has 0 fully saturated rings. The molecule has 34 heavy (non-hydrogen) atoms. The molecule has 7 nitrogen and oxygen atoms in total. The normalized spacial score (nSPS) is 14.9. The van der Waals surface area contributed by atoms with Crippen molar-refractivity contribution in [3.8, 4) is 11.5 Å². The third-order valence-electron chi connectivity index (χ3n) is 6.45. The number of fused-ring (bicyclic) bond motifs is 2. The first-order chi connectivity index (χ1) is 16.6. The number of aromatic nitrogens is 2. The van der Waals surface area contributed by atoms with Gasteiger partial charge in [0.1, 0.15) is 0 Å². The van der Waals surface area contributed by atoms with Gasteiger partial charge in [0.25, 0.3) is 5.56 Å². The number of nitrogens with zero attached hydrogens (tertiary/aromatic N) is 2. The number of benzene rings is 2. The maximum Gasteiger partial charge on any atom is 0.262 e. The van der Waals surface area contributed by atoms with Crippen molar-refractivity contribution in [2.75, 3.05) is 19.9 Å². The van der Waals surface area contributed by atoms with Crippen molar-refractivity contribution >= 4 is 34.6 Å². The molecular formula is C26H27N3O4S. The van der Waals surface area contributed by atoms with Gasteiger partial charge in [-0.2, -0.15) is 0 Å². The lowest BCUT2D eigenvalue weighted by molar-refractivity contribution is -0.130. The Morgan fingerprint density at radius 2 is 1.85 bits per heavy atom. The predicted octanol–water partition coefficient (Wildman–Crippen LogP) is 4.66. The number of nitrogens with one attached hydrogen (secondary N) is 1. The number of amides is 1. The van der Waals surface area contributed by atoms with Crippen LogP contribution >= 0.6 is 12.2 Å². The van der Waals surface area contributed by atoms with Crippen LogP contribution in [0, 0.1) is 4.77 Å². The number of aromatic amines is 1. The van der Waals surface area contributed by atoms with Crippen LogP contribution in [0.2, 0.25) is 0 Å². The van der Waals surface area contributed by atoms with Gasteiger partial charge in [-0.25, -0.2) is 0 Å². The quantitative estimate of drug-likeness (QED) is 0.396. The summed E-state index contributed by atoms with van der Waals surface area (Å²) in [6, 6.07) is 13.8. The molecule has 5 rings (SSSR count). The van der Waals surface area contributed by atoms with Crippen molar-refractivity contribution < 1.29 is 14.3 Å². The van der Waals surface area contributed by atoms with Crippen LogP contribution in [0.5, 0.6) is 11.5 Å². The van der Waals surface area contributed by atoms with E-state index in [0.29, 0.717) is 46.7 Å². The van der Waals surface area contributed by atoms with E-state index in [4.69, 9.17) is 21.7 Å². The maximum atomic E-state index is 13.0. The summed E-state index contributed by atoms with van der Waals surface area (Å²) in [7, 11) is 0. The van der Waals surface area contributed by atoms with Crippen molar-refractivity contribution in [3.05, 3.63) is 69.2 Å². The van der Waals surface area contributed by atoms with E-state index in [1.54, 1.807) is 16.7 Å². The van der Waals surface area contributed by atoms with E-state index in [2.05, 4.69) is 23.2 Å². The summed E-state index contributed by atoms with van der Waals surface area (Å²) in [4.78, 5) is 30.6. The highest BCUT2D eigenvalue weighted by molar-refractivity contribution is 7.71. The molecule has 0 saturated heterocycles. The highest BCUT2D eigenvalue weighted by Gasteiger charge is 2.18. The molecule has 0 unspecified atom stereocenters. The highest BCUT2D eigenvalue weighted by atomic mass is 32.1. The molecule has 1 N–H and O–H groups in total. The Morgan fingerprint density at radius 3 is 2.62 bits per heavy atom. The molecule has 2 aliphatic rings. The molecule has 1 aromatic heterocycles. The van der Waals surface area contributed by atoms with Crippen molar-refractivity contribution in [3.63, 3.8) is 0 Å². The van der Waals surface area contributed by atoms with E-state index < -0.39 is 0 Å². The third kappa shape index (κ3) is 4.63. The Balaban J connectivity index is 1.12. The van der Waals surface area contributed by atoms with E-state index in [-0.39, 0.29) is 18.3 Å². The molecule has 8 heteroatoms.